The molecule has 362 valence electrons. The van der Waals surface area contributed by atoms with Gasteiger partial charge in [-0.25, -0.2) is 0 Å². The molecule has 6 rings (SSSR count). The number of aliphatic carboxylic acids is 2. The Morgan fingerprint density at radius 2 is 1.09 bits per heavy atom. The number of carbonyl (C=O) groups is 2. The summed E-state index contributed by atoms with van der Waals surface area (Å²) >= 11 is 27.6. The highest BCUT2D eigenvalue weighted by Gasteiger charge is 2.33. The van der Waals surface area contributed by atoms with Gasteiger partial charge in [0.15, 0.2) is 0 Å². The van der Waals surface area contributed by atoms with Crippen LogP contribution in [0.5, 0.6) is 23.0 Å². The summed E-state index contributed by atoms with van der Waals surface area (Å²) in [7, 11) is 0. The molecule has 0 fully saturated rings. The Labute approximate surface area is 423 Å². The number of nitrogens with one attached hydrogen (secondary N) is 1. The van der Waals surface area contributed by atoms with Gasteiger partial charge >= 0.3 is 11.9 Å². The molecule has 5 N–H and O–H groups in total. The largest absolute Gasteiger partial charge is 0.488 e. The molecule has 0 aliphatic heterocycles. The summed E-state index contributed by atoms with van der Waals surface area (Å²) < 4.78 is 24.8. The predicted octanol–water partition coefficient (Wildman–Crippen LogP) is 9.76. The lowest BCUT2D eigenvalue weighted by molar-refractivity contribution is -0.150. The van der Waals surface area contributed by atoms with Gasteiger partial charge in [0.1, 0.15) is 67.1 Å². The van der Waals surface area contributed by atoms with Gasteiger partial charge in [0, 0.05) is 82.4 Å². The Balaban J connectivity index is 1.22. The number of nitrogens with zero attached hydrogens (tertiary/aromatic N) is 4. The van der Waals surface area contributed by atoms with E-state index >= 15 is 0 Å². The molecule has 0 spiro atoms. The molecule has 2 heterocycles. The third kappa shape index (κ3) is 12.9. The van der Waals surface area contributed by atoms with Crippen LogP contribution in [-0.4, -0.2) is 61.1 Å². The summed E-state index contributed by atoms with van der Waals surface area (Å²) in [5, 5.41) is 61.8. The van der Waals surface area contributed by atoms with Crippen molar-refractivity contribution < 1.29 is 49.0 Å². The standard InChI is InChI=1S/C51H45Cl4N5O10/c1-50(28-61,48(63)64)10-9-34-13-40(52)44(15-42(34)67-24-32-11-30(17-56)19-58-21-32)69-26-35-5-3-7-38(46(35)54)39-8-4-6-36(47(39)55)27-70-45-16-43(68-25-33-12-31(18-57)20-59-22-33)37(14-41(45)53)23-60-51(2,29-62)49(65)66/h3-8,11-16,19-22,60-62H,9-10,23-29H2,1-2H3,(H,63,64)(H,65,66). The number of pyridine rings is 2. The second-order valence-electron chi connectivity index (χ2n) is 16.6. The number of carboxylic acids is 2. The fourth-order valence-electron chi connectivity index (χ4n) is 6.82. The van der Waals surface area contributed by atoms with E-state index in [1.807, 2.05) is 12.1 Å². The number of nitriles is 2. The van der Waals surface area contributed by atoms with Gasteiger partial charge in [0.25, 0.3) is 0 Å². The predicted molar refractivity (Wildman–Crippen MR) is 261 cm³/mol. The van der Waals surface area contributed by atoms with E-state index in [1.54, 1.807) is 85.2 Å². The molecule has 15 nitrogen and oxygen atoms in total. The van der Waals surface area contributed by atoms with Crippen LogP contribution in [0.2, 0.25) is 20.1 Å². The lowest BCUT2D eigenvalue weighted by atomic mass is 9.85. The Morgan fingerprint density at radius 1 is 0.614 bits per heavy atom. The second-order valence-corrected chi connectivity index (χ2v) is 18.1. The molecular weight excluding hydrogens is 984 g/mol. The van der Waals surface area contributed by atoms with E-state index in [1.165, 1.54) is 26.2 Å². The van der Waals surface area contributed by atoms with Crippen LogP contribution in [-0.2, 0) is 49.0 Å². The van der Waals surface area contributed by atoms with Gasteiger partial charge in [-0.3, -0.25) is 24.9 Å². The van der Waals surface area contributed by atoms with E-state index < -0.39 is 36.1 Å². The van der Waals surface area contributed by atoms with Crippen LogP contribution in [0.1, 0.15) is 64.8 Å². The van der Waals surface area contributed by atoms with Gasteiger partial charge in [-0.1, -0.05) is 82.8 Å². The van der Waals surface area contributed by atoms with Crippen molar-refractivity contribution in [1.82, 2.24) is 15.3 Å². The summed E-state index contributed by atoms with van der Waals surface area (Å²) in [6.45, 7) is 1.43. The van der Waals surface area contributed by atoms with Crippen molar-refractivity contribution in [3.8, 4) is 46.3 Å². The molecule has 70 heavy (non-hydrogen) atoms. The van der Waals surface area contributed by atoms with Crippen LogP contribution in [0.15, 0.2) is 97.6 Å². The summed E-state index contributed by atoms with van der Waals surface area (Å²) in [4.78, 5) is 32.0. The highest BCUT2D eigenvalue weighted by atomic mass is 35.5. The van der Waals surface area contributed by atoms with Gasteiger partial charge in [-0.2, -0.15) is 10.5 Å². The third-order valence-electron chi connectivity index (χ3n) is 11.3. The molecule has 2 atom stereocenters. The zero-order valence-corrected chi connectivity index (χ0v) is 40.7. The Hall–Kier alpha value is -6.66. The first kappa shape index (κ1) is 52.7. The number of rotatable bonds is 23. The molecule has 19 heteroatoms. The first-order valence-corrected chi connectivity index (χ1v) is 22.8. The van der Waals surface area contributed by atoms with Crippen LogP contribution in [0.25, 0.3) is 11.1 Å². The van der Waals surface area contributed by atoms with Gasteiger partial charge < -0.3 is 39.4 Å². The fourth-order valence-corrected chi connectivity index (χ4v) is 7.86. The van der Waals surface area contributed by atoms with E-state index in [9.17, 15) is 40.5 Å². The van der Waals surface area contributed by atoms with E-state index in [2.05, 4.69) is 15.3 Å². The molecule has 4 aromatic carbocycles. The number of aliphatic hydroxyl groups excluding tert-OH is 2. The van der Waals surface area contributed by atoms with Crippen LogP contribution in [0, 0.1) is 28.1 Å². The Kier molecular flexibility index (Phi) is 17.9. The summed E-state index contributed by atoms with van der Waals surface area (Å²) in [6, 6.07) is 24.5. The summed E-state index contributed by atoms with van der Waals surface area (Å²) in [6.07, 6.45) is 6.24. The minimum absolute atomic E-state index is 0.000647. The Morgan fingerprint density at radius 3 is 1.53 bits per heavy atom. The van der Waals surface area contributed by atoms with Crippen molar-refractivity contribution in [3.05, 3.63) is 162 Å². The minimum atomic E-state index is -1.66. The number of aromatic nitrogens is 2. The molecule has 0 bridgehead atoms. The highest BCUT2D eigenvalue weighted by molar-refractivity contribution is 6.37. The fraction of sp³-hybridized carbons (Fsp3) is 0.255. The van der Waals surface area contributed by atoms with Crippen molar-refractivity contribution >= 4 is 58.3 Å². The SMILES string of the molecule is CC(CO)(CCc1cc(Cl)c(OCc2cccc(-c3cccc(COc4cc(OCc5cncc(C#N)c5)c(CNC(C)(CO)C(=O)O)cc4Cl)c3Cl)c2Cl)cc1OCc1cncc(C#N)c1)C(=O)O. The molecule has 0 aliphatic rings. The number of hydrogen-bond acceptors (Lipinski definition) is 13. The third-order valence-corrected chi connectivity index (χ3v) is 12.8. The lowest BCUT2D eigenvalue weighted by Gasteiger charge is -2.25. The van der Waals surface area contributed by atoms with Crippen molar-refractivity contribution in [2.24, 2.45) is 5.41 Å². The average Bonchev–Trinajstić information content (AvgIpc) is 3.36. The van der Waals surface area contributed by atoms with Gasteiger partial charge in [0.2, 0.25) is 0 Å². The molecule has 0 saturated carbocycles. The number of ether oxygens (including phenoxy) is 4. The Bertz CT molecular complexity index is 2780. The number of aryl methyl sites for hydroxylation is 1. The molecular formula is C51H45Cl4N5O10. The highest BCUT2D eigenvalue weighted by Crippen LogP contribution is 2.41. The second kappa shape index (κ2) is 23.8. The molecule has 2 unspecified atom stereocenters. The van der Waals surface area contributed by atoms with Crippen LogP contribution < -0.4 is 24.3 Å². The number of hydrogen-bond donors (Lipinski definition) is 5. The van der Waals surface area contributed by atoms with E-state index in [-0.39, 0.29) is 73.1 Å². The van der Waals surface area contributed by atoms with Gasteiger partial charge in [0.05, 0.1) is 49.8 Å². The number of aliphatic hydroxyl groups is 2. The monoisotopic (exact) mass is 1030 g/mol. The van der Waals surface area contributed by atoms with Crippen LogP contribution >= 0.6 is 46.4 Å². The molecule has 0 aliphatic carbocycles. The lowest BCUT2D eigenvalue weighted by Crippen LogP contribution is -2.52. The van der Waals surface area contributed by atoms with E-state index in [4.69, 9.17) is 65.4 Å². The first-order chi connectivity index (χ1) is 33.5. The van der Waals surface area contributed by atoms with Gasteiger partial charge in [-0.05, 0) is 56.5 Å². The maximum atomic E-state index is 12.0. The topological polar surface area (TPSA) is 237 Å². The quantitative estimate of drug-likeness (QED) is 0.0401. The summed E-state index contributed by atoms with van der Waals surface area (Å²) in [5.74, 6) is -1.30. The van der Waals surface area contributed by atoms with Crippen molar-refractivity contribution in [2.75, 3.05) is 13.2 Å². The van der Waals surface area contributed by atoms with Gasteiger partial charge in [-0.15, -0.1) is 0 Å². The van der Waals surface area contributed by atoms with E-state index in [0.29, 0.717) is 71.4 Å². The zero-order valence-electron chi connectivity index (χ0n) is 37.6. The molecule has 2 aromatic heterocycles. The van der Waals surface area contributed by atoms with E-state index in [0.717, 1.165) is 0 Å². The number of benzene rings is 4. The molecule has 0 saturated heterocycles. The van der Waals surface area contributed by atoms with Crippen molar-refractivity contribution in [2.45, 2.75) is 65.2 Å². The average molecular weight is 1030 g/mol. The van der Waals surface area contributed by atoms with Crippen LogP contribution in [0.4, 0.5) is 0 Å². The zero-order chi connectivity index (χ0) is 50.6. The van der Waals surface area contributed by atoms with Crippen LogP contribution in [0.3, 0.4) is 0 Å². The summed E-state index contributed by atoms with van der Waals surface area (Å²) in [5.41, 5.74) is 2.23. The maximum absolute atomic E-state index is 12.0. The number of carboxylic acid groups (broad SMARTS) is 2. The number of halogens is 4. The minimum Gasteiger partial charge on any atom is -0.488 e. The van der Waals surface area contributed by atoms with Crippen molar-refractivity contribution in [3.63, 3.8) is 0 Å². The van der Waals surface area contributed by atoms with Crippen molar-refractivity contribution in [1.29, 1.82) is 10.5 Å². The smallest absolute Gasteiger partial charge is 0.326 e. The normalized spacial score (nSPS) is 12.7. The molecule has 0 radical (unpaired) electrons. The molecule has 0 amide bonds. The maximum Gasteiger partial charge on any atom is 0.326 e. The molecule has 6 aromatic rings. The first-order valence-electron chi connectivity index (χ1n) is 21.3.